The van der Waals surface area contributed by atoms with Crippen molar-refractivity contribution in [2.45, 2.75) is 24.4 Å². The van der Waals surface area contributed by atoms with Crippen molar-refractivity contribution in [2.24, 2.45) is 0 Å². The van der Waals surface area contributed by atoms with E-state index in [-0.39, 0.29) is 26.6 Å². The Kier molecular flexibility index (Phi) is 7.00. The molecule has 0 aliphatic rings. The number of nitrogens with zero attached hydrogens (tertiary/aromatic N) is 2. The number of hydrogen-bond acceptors (Lipinski definition) is 9. The molecule has 4 atom stereocenters. The normalized spacial score (nSPS) is 15.8. The SMILES string of the molecule is O=C(NC(=O)C(O)C(O)C(O)C(O)CO)c1ncnc2c(Cl)cc(Cl)cc12. The first-order valence-corrected chi connectivity index (χ1v) is 8.21. The minimum absolute atomic E-state index is 0.145. The second kappa shape index (κ2) is 8.85. The summed E-state index contributed by atoms with van der Waals surface area (Å²) in [6, 6.07) is 2.76. The highest BCUT2D eigenvalue weighted by molar-refractivity contribution is 6.38. The van der Waals surface area contributed by atoms with E-state index in [2.05, 4.69) is 9.97 Å². The van der Waals surface area contributed by atoms with Crippen LogP contribution in [-0.2, 0) is 4.79 Å². The lowest BCUT2D eigenvalue weighted by Gasteiger charge is -2.24. The Labute approximate surface area is 162 Å². The quantitative estimate of drug-likeness (QED) is 0.330. The smallest absolute Gasteiger partial charge is 0.277 e. The molecule has 12 heteroatoms. The van der Waals surface area contributed by atoms with Gasteiger partial charge in [-0.25, -0.2) is 9.97 Å². The lowest BCUT2D eigenvalue weighted by Crippen LogP contribution is -2.52. The van der Waals surface area contributed by atoms with Crippen LogP contribution in [-0.4, -0.2) is 78.3 Å². The van der Waals surface area contributed by atoms with Crippen molar-refractivity contribution in [2.75, 3.05) is 6.61 Å². The van der Waals surface area contributed by atoms with E-state index in [9.17, 15) is 30.0 Å². The zero-order valence-corrected chi connectivity index (χ0v) is 15.0. The number of rotatable bonds is 6. The number of hydrogen-bond donors (Lipinski definition) is 6. The van der Waals surface area contributed by atoms with Crippen LogP contribution in [0, 0.1) is 0 Å². The molecule has 0 radical (unpaired) electrons. The van der Waals surface area contributed by atoms with Gasteiger partial charge in [-0.1, -0.05) is 23.2 Å². The number of amides is 2. The highest BCUT2D eigenvalue weighted by Crippen LogP contribution is 2.27. The maximum atomic E-state index is 12.3. The number of nitrogens with one attached hydrogen (secondary N) is 1. The number of fused-ring (bicyclic) bond motifs is 1. The van der Waals surface area contributed by atoms with E-state index in [4.69, 9.17) is 28.3 Å². The van der Waals surface area contributed by atoms with Crippen LogP contribution in [0.5, 0.6) is 0 Å². The molecule has 0 saturated heterocycles. The number of aliphatic hydroxyl groups is 5. The Balaban J connectivity index is 2.22. The lowest BCUT2D eigenvalue weighted by molar-refractivity contribution is -0.148. The largest absolute Gasteiger partial charge is 0.394 e. The van der Waals surface area contributed by atoms with Gasteiger partial charge >= 0.3 is 0 Å². The summed E-state index contributed by atoms with van der Waals surface area (Å²) < 4.78 is 0. The van der Waals surface area contributed by atoms with Crippen molar-refractivity contribution in [1.29, 1.82) is 0 Å². The molecule has 0 aliphatic heterocycles. The van der Waals surface area contributed by atoms with E-state index in [0.717, 1.165) is 6.33 Å². The van der Waals surface area contributed by atoms with Gasteiger partial charge < -0.3 is 25.5 Å². The monoisotopic (exact) mass is 419 g/mol. The average molecular weight is 420 g/mol. The molecule has 1 aromatic carbocycles. The molecule has 0 spiro atoms. The molecule has 146 valence electrons. The van der Waals surface area contributed by atoms with Gasteiger partial charge in [0.1, 0.15) is 30.3 Å². The van der Waals surface area contributed by atoms with Gasteiger partial charge in [-0.3, -0.25) is 14.9 Å². The Bertz CT molecular complexity index is 867. The summed E-state index contributed by atoms with van der Waals surface area (Å²) >= 11 is 11.9. The van der Waals surface area contributed by atoms with Crippen LogP contribution in [0.2, 0.25) is 10.0 Å². The molecule has 0 bridgehead atoms. The minimum atomic E-state index is -2.27. The van der Waals surface area contributed by atoms with Gasteiger partial charge in [0.05, 0.1) is 17.1 Å². The first kappa shape index (κ1) is 21.4. The Morgan fingerprint density at radius 1 is 1.07 bits per heavy atom. The predicted molar refractivity (Wildman–Crippen MR) is 93.1 cm³/mol. The van der Waals surface area contributed by atoms with E-state index in [1.807, 2.05) is 0 Å². The van der Waals surface area contributed by atoms with Gasteiger partial charge in [-0.15, -0.1) is 0 Å². The summed E-state index contributed by atoms with van der Waals surface area (Å²) in [5, 5.41) is 49.2. The fourth-order valence-corrected chi connectivity index (χ4v) is 2.74. The molecule has 0 saturated carbocycles. The van der Waals surface area contributed by atoms with E-state index >= 15 is 0 Å². The van der Waals surface area contributed by atoms with Crippen molar-refractivity contribution in [3.63, 3.8) is 0 Å². The topological polar surface area (TPSA) is 173 Å². The third-order valence-electron chi connectivity index (χ3n) is 3.63. The molecule has 1 heterocycles. The second-order valence-electron chi connectivity index (χ2n) is 5.50. The minimum Gasteiger partial charge on any atom is -0.394 e. The number of aliphatic hydroxyl groups excluding tert-OH is 5. The highest BCUT2D eigenvalue weighted by atomic mass is 35.5. The summed E-state index contributed by atoms with van der Waals surface area (Å²) in [7, 11) is 0. The summed E-state index contributed by atoms with van der Waals surface area (Å²) in [6.45, 7) is -0.917. The first-order valence-electron chi connectivity index (χ1n) is 7.45. The number of benzene rings is 1. The molecule has 4 unspecified atom stereocenters. The van der Waals surface area contributed by atoms with Crippen molar-refractivity contribution in [1.82, 2.24) is 15.3 Å². The molecule has 27 heavy (non-hydrogen) atoms. The molecule has 2 aromatic rings. The fourth-order valence-electron chi connectivity index (χ4n) is 2.20. The third-order valence-corrected chi connectivity index (χ3v) is 4.14. The zero-order valence-electron chi connectivity index (χ0n) is 13.5. The number of halogens is 2. The van der Waals surface area contributed by atoms with Gasteiger partial charge in [0.2, 0.25) is 0 Å². The average Bonchev–Trinajstić information content (AvgIpc) is 2.64. The van der Waals surface area contributed by atoms with Gasteiger partial charge in [0.25, 0.3) is 11.8 Å². The van der Waals surface area contributed by atoms with Crippen LogP contribution < -0.4 is 5.32 Å². The van der Waals surface area contributed by atoms with Crippen molar-refractivity contribution < 1.29 is 35.1 Å². The fraction of sp³-hybridized carbons (Fsp3) is 0.333. The van der Waals surface area contributed by atoms with Gasteiger partial charge in [0.15, 0.2) is 6.10 Å². The maximum Gasteiger partial charge on any atom is 0.277 e. The van der Waals surface area contributed by atoms with Crippen LogP contribution in [0.4, 0.5) is 0 Å². The number of aromatic nitrogens is 2. The standard InChI is InChI=1S/C15H15Cl2N3O7/c16-5-1-6-9(7(17)2-5)18-4-19-10(6)14(26)20-15(27)13(25)12(24)11(23)8(22)3-21/h1-2,4,8,11-13,21-25H,3H2,(H,20,26,27). The van der Waals surface area contributed by atoms with Gasteiger partial charge in [-0.05, 0) is 12.1 Å². The summed E-state index contributed by atoms with van der Waals surface area (Å²) in [4.78, 5) is 32.0. The molecule has 0 aliphatic carbocycles. The number of imide groups is 1. The van der Waals surface area contributed by atoms with Crippen LogP contribution >= 0.6 is 23.2 Å². The molecule has 6 N–H and O–H groups in total. The predicted octanol–water partition coefficient (Wildman–Crippen LogP) is -1.37. The van der Waals surface area contributed by atoms with Crippen LogP contribution in [0.15, 0.2) is 18.5 Å². The van der Waals surface area contributed by atoms with E-state index in [0.29, 0.717) is 0 Å². The molecule has 10 nitrogen and oxygen atoms in total. The third kappa shape index (κ3) is 4.68. The van der Waals surface area contributed by atoms with Crippen LogP contribution in [0.1, 0.15) is 10.5 Å². The van der Waals surface area contributed by atoms with E-state index in [1.165, 1.54) is 12.1 Å². The summed E-state index contributed by atoms with van der Waals surface area (Å²) in [5.74, 6) is -2.41. The summed E-state index contributed by atoms with van der Waals surface area (Å²) in [5.41, 5.74) is -0.0638. The lowest BCUT2D eigenvalue weighted by atomic mass is 10.0. The van der Waals surface area contributed by atoms with Crippen molar-refractivity contribution in [3.8, 4) is 0 Å². The van der Waals surface area contributed by atoms with Crippen molar-refractivity contribution >= 4 is 45.9 Å². The van der Waals surface area contributed by atoms with Gasteiger partial charge in [0, 0.05) is 10.4 Å². The van der Waals surface area contributed by atoms with Crippen LogP contribution in [0.3, 0.4) is 0 Å². The van der Waals surface area contributed by atoms with E-state index in [1.54, 1.807) is 5.32 Å². The highest BCUT2D eigenvalue weighted by Gasteiger charge is 2.35. The van der Waals surface area contributed by atoms with Crippen LogP contribution in [0.25, 0.3) is 10.9 Å². The van der Waals surface area contributed by atoms with Gasteiger partial charge in [-0.2, -0.15) is 0 Å². The molecule has 2 amide bonds. The molecule has 0 fully saturated rings. The molecule has 1 aromatic heterocycles. The number of carbonyl (C=O) groups is 2. The Morgan fingerprint density at radius 2 is 1.74 bits per heavy atom. The molecular weight excluding hydrogens is 405 g/mol. The molecule has 2 rings (SSSR count). The maximum absolute atomic E-state index is 12.3. The molecular formula is C15H15Cl2N3O7. The summed E-state index contributed by atoms with van der Waals surface area (Å²) in [6.07, 6.45) is -7.22. The first-order chi connectivity index (χ1) is 12.7. The van der Waals surface area contributed by atoms with E-state index < -0.39 is 42.8 Å². The Hall–Kier alpha value is -1.92. The second-order valence-corrected chi connectivity index (χ2v) is 6.34. The number of carbonyl (C=O) groups excluding carboxylic acids is 2. The van der Waals surface area contributed by atoms with Crippen molar-refractivity contribution in [3.05, 3.63) is 34.2 Å². The Morgan fingerprint density at radius 3 is 2.37 bits per heavy atom. The zero-order chi connectivity index (χ0) is 20.3.